The van der Waals surface area contributed by atoms with Gasteiger partial charge in [-0.05, 0) is 36.7 Å². The van der Waals surface area contributed by atoms with Crippen molar-refractivity contribution in [2.24, 2.45) is 7.05 Å². The first-order valence-electron chi connectivity index (χ1n) is 6.39. The van der Waals surface area contributed by atoms with Crippen molar-refractivity contribution in [3.05, 3.63) is 16.4 Å². The lowest BCUT2D eigenvalue weighted by Crippen LogP contribution is -2.36. The molecule has 0 unspecified atom stereocenters. The number of aromatic nitrogens is 2. The minimum absolute atomic E-state index is 0.345. The van der Waals surface area contributed by atoms with Crippen molar-refractivity contribution in [1.82, 2.24) is 14.7 Å². The van der Waals surface area contributed by atoms with Crippen LogP contribution < -0.4 is 0 Å². The molecule has 0 aliphatic rings. The van der Waals surface area contributed by atoms with Gasteiger partial charge in [0.2, 0.25) is 0 Å². The number of amides is 1. The van der Waals surface area contributed by atoms with Gasteiger partial charge in [-0.1, -0.05) is 0 Å². The molecule has 0 aromatic carbocycles. The zero-order valence-electron chi connectivity index (χ0n) is 12.6. The van der Waals surface area contributed by atoms with Crippen LogP contribution in [0.25, 0.3) is 0 Å². The molecule has 0 fully saturated rings. The molecule has 0 spiro atoms. The van der Waals surface area contributed by atoms with Crippen LogP contribution in [0, 0.1) is 0 Å². The number of likely N-dealkylation sites (N-methyl/N-ethyl adjacent to an activating group) is 1. The van der Waals surface area contributed by atoms with Crippen molar-refractivity contribution in [3.63, 3.8) is 0 Å². The fraction of sp³-hybridized carbons (Fsp3) is 0.692. The van der Waals surface area contributed by atoms with Crippen LogP contribution in [0.15, 0.2) is 10.7 Å². The number of hydrogen-bond donors (Lipinski definition) is 0. The first-order valence-corrected chi connectivity index (χ1v) is 7.18. The number of ether oxygens (including phenoxy) is 2. The average molecular weight is 348 g/mol. The van der Waals surface area contributed by atoms with Crippen LogP contribution in [0.3, 0.4) is 0 Å². The molecule has 1 rings (SSSR count). The summed E-state index contributed by atoms with van der Waals surface area (Å²) in [4.78, 5) is 13.2. The molecular weight excluding hydrogens is 326 g/mol. The third kappa shape index (κ3) is 5.50. The Morgan fingerprint density at radius 1 is 1.50 bits per heavy atom. The number of carbonyl (C=O) groups excluding carboxylic acids is 1. The average Bonchev–Trinajstić information content (AvgIpc) is 2.63. The fourth-order valence-electron chi connectivity index (χ4n) is 1.40. The van der Waals surface area contributed by atoms with Gasteiger partial charge < -0.3 is 14.4 Å². The molecule has 1 heterocycles. The quantitative estimate of drug-likeness (QED) is 0.768. The minimum atomic E-state index is -0.480. The predicted molar refractivity (Wildman–Crippen MR) is 79.4 cm³/mol. The van der Waals surface area contributed by atoms with Crippen molar-refractivity contribution < 1.29 is 14.3 Å². The third-order valence-corrected chi connectivity index (χ3v) is 3.19. The van der Waals surface area contributed by atoms with Crippen LogP contribution in [-0.4, -0.2) is 46.6 Å². The molecule has 20 heavy (non-hydrogen) atoms. The van der Waals surface area contributed by atoms with Gasteiger partial charge in [0.05, 0.1) is 29.6 Å². The van der Waals surface area contributed by atoms with Crippen molar-refractivity contribution in [2.45, 2.75) is 33.0 Å². The van der Waals surface area contributed by atoms with Crippen molar-refractivity contribution in [2.75, 3.05) is 20.2 Å². The van der Waals surface area contributed by atoms with E-state index in [1.54, 1.807) is 17.9 Å². The highest BCUT2D eigenvalue weighted by atomic mass is 79.9. The number of halogens is 1. The van der Waals surface area contributed by atoms with Crippen LogP contribution in [0.5, 0.6) is 0 Å². The van der Waals surface area contributed by atoms with E-state index in [2.05, 4.69) is 21.0 Å². The lowest BCUT2D eigenvalue weighted by atomic mass is 10.2. The van der Waals surface area contributed by atoms with Gasteiger partial charge in [0.15, 0.2) is 0 Å². The summed E-state index contributed by atoms with van der Waals surface area (Å²) in [6.45, 7) is 6.89. The van der Waals surface area contributed by atoms with Crippen LogP contribution in [0.4, 0.5) is 4.79 Å². The molecule has 0 radical (unpaired) electrons. The van der Waals surface area contributed by atoms with E-state index in [1.165, 1.54) is 4.90 Å². The molecular formula is C13H22BrN3O3. The Balaban J connectivity index is 2.29. The number of nitrogens with zero attached hydrogens (tertiary/aromatic N) is 3. The van der Waals surface area contributed by atoms with Crippen molar-refractivity contribution >= 4 is 22.0 Å². The van der Waals surface area contributed by atoms with Gasteiger partial charge in [-0.3, -0.25) is 4.68 Å². The Bertz CT molecular complexity index is 435. The van der Waals surface area contributed by atoms with Crippen molar-refractivity contribution in [3.8, 4) is 0 Å². The molecule has 1 amide bonds. The molecule has 1 aromatic rings. The molecule has 7 heteroatoms. The van der Waals surface area contributed by atoms with E-state index in [4.69, 9.17) is 9.47 Å². The predicted octanol–water partition coefficient (Wildman–Crippen LogP) is 2.57. The molecule has 0 bridgehead atoms. The monoisotopic (exact) mass is 347 g/mol. The Labute approximate surface area is 128 Å². The summed E-state index contributed by atoms with van der Waals surface area (Å²) in [7, 11) is 3.55. The second kappa shape index (κ2) is 7.08. The zero-order chi connectivity index (χ0) is 15.3. The second-order valence-corrected chi connectivity index (χ2v) is 6.37. The third-order valence-electron chi connectivity index (χ3n) is 2.53. The van der Waals surface area contributed by atoms with E-state index < -0.39 is 5.60 Å². The molecule has 0 aliphatic heterocycles. The molecule has 0 aliphatic carbocycles. The molecule has 0 saturated carbocycles. The first kappa shape index (κ1) is 17.0. The number of carbonyl (C=O) groups is 1. The largest absolute Gasteiger partial charge is 0.444 e. The summed E-state index contributed by atoms with van der Waals surface area (Å²) >= 11 is 3.41. The van der Waals surface area contributed by atoms with E-state index in [1.807, 2.05) is 27.8 Å². The maximum Gasteiger partial charge on any atom is 0.410 e. The van der Waals surface area contributed by atoms with E-state index in [-0.39, 0.29) is 6.09 Å². The molecule has 0 saturated heterocycles. The highest BCUT2D eigenvalue weighted by Gasteiger charge is 2.19. The van der Waals surface area contributed by atoms with E-state index in [0.29, 0.717) is 19.8 Å². The van der Waals surface area contributed by atoms with E-state index >= 15 is 0 Å². The maximum absolute atomic E-state index is 11.7. The molecule has 1 aromatic heterocycles. The molecule has 114 valence electrons. The lowest BCUT2D eigenvalue weighted by Gasteiger charge is -2.24. The summed E-state index contributed by atoms with van der Waals surface area (Å²) in [5, 5.41) is 4.10. The summed E-state index contributed by atoms with van der Waals surface area (Å²) in [5.41, 5.74) is 0.483. The van der Waals surface area contributed by atoms with Crippen molar-refractivity contribution in [1.29, 1.82) is 0 Å². The van der Waals surface area contributed by atoms with E-state index in [0.717, 1.165) is 10.2 Å². The van der Waals surface area contributed by atoms with Crippen LogP contribution in [-0.2, 0) is 23.1 Å². The number of aryl methyl sites for hydroxylation is 1. The van der Waals surface area contributed by atoms with Crippen LogP contribution in [0.1, 0.15) is 26.5 Å². The normalized spacial score (nSPS) is 11.5. The summed E-state index contributed by atoms with van der Waals surface area (Å²) in [6.07, 6.45) is 1.38. The van der Waals surface area contributed by atoms with Gasteiger partial charge in [0, 0.05) is 20.6 Å². The second-order valence-electron chi connectivity index (χ2n) is 5.52. The number of hydrogen-bond acceptors (Lipinski definition) is 4. The van der Waals surface area contributed by atoms with Crippen LogP contribution >= 0.6 is 15.9 Å². The Kier molecular flexibility index (Phi) is 6.01. The lowest BCUT2D eigenvalue weighted by molar-refractivity contribution is 0.0217. The van der Waals surface area contributed by atoms with Gasteiger partial charge in [0.25, 0.3) is 0 Å². The standard InChI is InChI=1S/C13H22BrN3O3/c1-13(2,3)20-12(18)16(4)6-7-19-9-11-10(14)8-15-17(11)5/h8H,6-7,9H2,1-5H3. The smallest absolute Gasteiger partial charge is 0.410 e. The summed E-state index contributed by atoms with van der Waals surface area (Å²) in [6, 6.07) is 0. The Morgan fingerprint density at radius 3 is 2.65 bits per heavy atom. The summed E-state index contributed by atoms with van der Waals surface area (Å²) in [5.74, 6) is 0. The van der Waals surface area contributed by atoms with Gasteiger partial charge in [-0.15, -0.1) is 0 Å². The van der Waals surface area contributed by atoms with Gasteiger partial charge in [-0.2, -0.15) is 5.10 Å². The topological polar surface area (TPSA) is 56.6 Å². The highest BCUT2D eigenvalue weighted by Crippen LogP contribution is 2.15. The number of rotatable bonds is 5. The van der Waals surface area contributed by atoms with Gasteiger partial charge in [-0.25, -0.2) is 4.79 Å². The Hall–Kier alpha value is -1.08. The summed E-state index contributed by atoms with van der Waals surface area (Å²) < 4.78 is 13.5. The molecule has 6 nitrogen and oxygen atoms in total. The van der Waals surface area contributed by atoms with Gasteiger partial charge >= 0.3 is 6.09 Å². The molecule has 0 atom stereocenters. The van der Waals surface area contributed by atoms with E-state index in [9.17, 15) is 4.79 Å². The zero-order valence-corrected chi connectivity index (χ0v) is 14.2. The van der Waals surface area contributed by atoms with Gasteiger partial charge in [0.1, 0.15) is 5.60 Å². The minimum Gasteiger partial charge on any atom is -0.444 e. The highest BCUT2D eigenvalue weighted by molar-refractivity contribution is 9.10. The fourth-order valence-corrected chi connectivity index (χ4v) is 1.86. The Morgan fingerprint density at radius 2 is 2.15 bits per heavy atom. The first-order chi connectivity index (χ1) is 9.20. The SMILES string of the molecule is CN(CCOCc1c(Br)cnn1C)C(=O)OC(C)(C)C. The molecule has 0 N–H and O–H groups in total. The van der Waals surface area contributed by atoms with Crippen LogP contribution in [0.2, 0.25) is 0 Å². The maximum atomic E-state index is 11.7.